The van der Waals surface area contributed by atoms with Crippen LogP contribution in [0.2, 0.25) is 0 Å². The second kappa shape index (κ2) is 7.61. The van der Waals surface area contributed by atoms with E-state index in [4.69, 9.17) is 14.3 Å². The fourth-order valence-electron chi connectivity index (χ4n) is 2.35. The molecule has 0 atom stereocenters. The molecule has 2 aromatic carbocycles. The number of ether oxygens (including phenoxy) is 1. The number of hydrogen-bond acceptors (Lipinski definition) is 4. The molecule has 26 heavy (non-hydrogen) atoms. The molecular formula is C19H16F3NO3. The van der Waals surface area contributed by atoms with Gasteiger partial charge in [0.05, 0.1) is 24.5 Å². The lowest BCUT2D eigenvalue weighted by Gasteiger charge is -2.06. The summed E-state index contributed by atoms with van der Waals surface area (Å²) in [6.07, 6.45) is -2.55. The van der Waals surface area contributed by atoms with Crippen LogP contribution in [0.15, 0.2) is 59.2 Å². The largest absolute Gasteiger partial charge is 0.493 e. The van der Waals surface area contributed by atoms with Crippen LogP contribution in [-0.4, -0.2) is 16.7 Å². The monoisotopic (exact) mass is 363 g/mol. The second-order valence-corrected chi connectivity index (χ2v) is 5.62. The van der Waals surface area contributed by atoms with Gasteiger partial charge >= 0.3 is 6.18 Å². The number of alkyl halides is 3. The van der Waals surface area contributed by atoms with Crippen LogP contribution in [0.5, 0.6) is 5.75 Å². The van der Waals surface area contributed by atoms with E-state index in [0.717, 1.165) is 17.7 Å². The van der Waals surface area contributed by atoms with Crippen molar-refractivity contribution in [3.05, 3.63) is 71.6 Å². The zero-order chi connectivity index (χ0) is 18.6. The van der Waals surface area contributed by atoms with Crippen molar-refractivity contribution in [2.24, 2.45) is 0 Å². The molecule has 0 aliphatic heterocycles. The van der Waals surface area contributed by atoms with Crippen molar-refractivity contribution < 1.29 is 27.4 Å². The molecule has 0 amide bonds. The highest BCUT2D eigenvalue weighted by molar-refractivity contribution is 5.54. The van der Waals surface area contributed by atoms with Gasteiger partial charge in [0.15, 0.2) is 0 Å². The topological polar surface area (TPSA) is 55.5 Å². The Kier molecular flexibility index (Phi) is 5.27. The molecule has 0 aliphatic carbocycles. The van der Waals surface area contributed by atoms with Crippen LogP contribution in [0.25, 0.3) is 11.5 Å². The molecule has 0 fully saturated rings. The predicted octanol–water partition coefficient (Wildman–Crippen LogP) is 4.47. The van der Waals surface area contributed by atoms with Crippen molar-refractivity contribution in [3.63, 3.8) is 0 Å². The van der Waals surface area contributed by atoms with E-state index >= 15 is 0 Å². The van der Waals surface area contributed by atoms with Gasteiger partial charge in [0.25, 0.3) is 0 Å². The standard InChI is InChI=1S/C19H16F3NO3/c20-19(21,22)15-3-1-2-14(10-15)18-23-16(12-26-18)8-9-25-17-6-4-13(11-24)5-7-17/h1-7,10,12,24H,8-9,11H2. The quantitative estimate of drug-likeness (QED) is 0.702. The van der Waals surface area contributed by atoms with E-state index in [-0.39, 0.29) is 18.1 Å². The molecule has 1 N–H and O–H groups in total. The van der Waals surface area contributed by atoms with Crippen LogP contribution in [0.1, 0.15) is 16.8 Å². The minimum Gasteiger partial charge on any atom is -0.493 e. The number of aliphatic hydroxyl groups excluding tert-OH is 1. The summed E-state index contributed by atoms with van der Waals surface area (Å²) >= 11 is 0. The molecule has 0 radical (unpaired) electrons. The Morgan fingerprint density at radius 2 is 1.85 bits per heavy atom. The normalized spacial score (nSPS) is 11.5. The third-order valence-electron chi connectivity index (χ3n) is 3.72. The molecule has 3 rings (SSSR count). The van der Waals surface area contributed by atoms with Crippen LogP contribution in [0.4, 0.5) is 13.2 Å². The maximum atomic E-state index is 12.8. The van der Waals surface area contributed by atoms with Crippen molar-refractivity contribution in [2.75, 3.05) is 6.61 Å². The van der Waals surface area contributed by atoms with Crippen molar-refractivity contribution >= 4 is 0 Å². The van der Waals surface area contributed by atoms with Gasteiger partial charge in [-0.15, -0.1) is 0 Å². The minimum atomic E-state index is -4.41. The lowest BCUT2D eigenvalue weighted by Crippen LogP contribution is -2.04. The number of rotatable bonds is 6. The van der Waals surface area contributed by atoms with E-state index < -0.39 is 11.7 Å². The van der Waals surface area contributed by atoms with Gasteiger partial charge in [-0.1, -0.05) is 18.2 Å². The van der Waals surface area contributed by atoms with Gasteiger partial charge in [-0.3, -0.25) is 0 Å². The summed E-state index contributed by atoms with van der Waals surface area (Å²) in [5.74, 6) is 0.794. The molecule has 7 heteroatoms. The van der Waals surface area contributed by atoms with Crippen molar-refractivity contribution in [1.82, 2.24) is 4.98 Å². The Balaban J connectivity index is 1.61. The first-order chi connectivity index (χ1) is 12.5. The average molecular weight is 363 g/mol. The Morgan fingerprint density at radius 3 is 2.54 bits per heavy atom. The van der Waals surface area contributed by atoms with E-state index in [9.17, 15) is 13.2 Å². The van der Waals surface area contributed by atoms with Gasteiger partial charge in [-0.05, 0) is 35.9 Å². The highest BCUT2D eigenvalue weighted by Gasteiger charge is 2.30. The molecule has 1 heterocycles. The fourth-order valence-corrected chi connectivity index (χ4v) is 2.35. The SMILES string of the molecule is OCc1ccc(OCCc2coc(-c3cccc(C(F)(F)F)c3)n2)cc1. The molecule has 136 valence electrons. The molecule has 3 aromatic rings. The molecule has 0 aliphatic rings. The summed E-state index contributed by atoms with van der Waals surface area (Å²) in [6.45, 7) is 0.310. The number of nitrogens with zero attached hydrogens (tertiary/aromatic N) is 1. The molecule has 0 saturated heterocycles. The number of aromatic nitrogens is 1. The smallest absolute Gasteiger partial charge is 0.416 e. The Bertz CT molecular complexity index is 857. The van der Waals surface area contributed by atoms with E-state index in [1.54, 1.807) is 24.3 Å². The number of halogens is 3. The number of oxazole rings is 1. The van der Waals surface area contributed by atoms with Crippen molar-refractivity contribution in [1.29, 1.82) is 0 Å². The van der Waals surface area contributed by atoms with Gasteiger partial charge in [-0.25, -0.2) is 4.98 Å². The maximum Gasteiger partial charge on any atom is 0.416 e. The van der Waals surface area contributed by atoms with Crippen molar-refractivity contribution in [2.45, 2.75) is 19.2 Å². The third kappa shape index (κ3) is 4.43. The Morgan fingerprint density at radius 1 is 1.08 bits per heavy atom. The lowest BCUT2D eigenvalue weighted by atomic mass is 10.1. The minimum absolute atomic E-state index is 0.0302. The summed E-state index contributed by atoms with van der Waals surface area (Å²) in [5, 5.41) is 8.99. The van der Waals surface area contributed by atoms with E-state index in [1.807, 2.05) is 0 Å². The van der Waals surface area contributed by atoms with Crippen molar-refractivity contribution in [3.8, 4) is 17.2 Å². The lowest BCUT2D eigenvalue weighted by molar-refractivity contribution is -0.137. The first kappa shape index (κ1) is 18.0. The van der Waals surface area contributed by atoms with Gasteiger partial charge < -0.3 is 14.3 Å². The summed E-state index contributed by atoms with van der Waals surface area (Å²) < 4.78 is 49.2. The number of hydrogen-bond donors (Lipinski definition) is 1. The Hall–Kier alpha value is -2.80. The summed E-state index contributed by atoms with van der Waals surface area (Å²) in [7, 11) is 0. The zero-order valence-corrected chi connectivity index (χ0v) is 13.7. The predicted molar refractivity (Wildman–Crippen MR) is 88.5 cm³/mol. The van der Waals surface area contributed by atoms with Gasteiger partial charge in [-0.2, -0.15) is 13.2 Å². The highest BCUT2D eigenvalue weighted by atomic mass is 19.4. The average Bonchev–Trinajstić information content (AvgIpc) is 3.11. The molecule has 4 nitrogen and oxygen atoms in total. The molecular weight excluding hydrogens is 347 g/mol. The van der Waals surface area contributed by atoms with Crippen LogP contribution >= 0.6 is 0 Å². The highest BCUT2D eigenvalue weighted by Crippen LogP contribution is 2.31. The fraction of sp³-hybridized carbons (Fsp3) is 0.211. The first-order valence-corrected chi connectivity index (χ1v) is 7.90. The summed E-state index contributed by atoms with van der Waals surface area (Å²) in [5.41, 5.74) is 0.903. The zero-order valence-electron chi connectivity index (χ0n) is 13.7. The van der Waals surface area contributed by atoms with Crippen LogP contribution < -0.4 is 4.74 Å². The van der Waals surface area contributed by atoms with Gasteiger partial charge in [0.2, 0.25) is 5.89 Å². The second-order valence-electron chi connectivity index (χ2n) is 5.62. The summed E-state index contributed by atoms with van der Waals surface area (Å²) in [4.78, 5) is 4.22. The van der Waals surface area contributed by atoms with E-state index in [0.29, 0.717) is 24.5 Å². The Labute approximate surface area is 147 Å². The molecule has 0 bridgehead atoms. The molecule has 0 saturated carbocycles. The molecule has 0 unspecified atom stereocenters. The summed E-state index contributed by atoms with van der Waals surface area (Å²) in [6, 6.07) is 11.9. The maximum absolute atomic E-state index is 12.8. The van der Waals surface area contributed by atoms with E-state index in [2.05, 4.69) is 4.98 Å². The van der Waals surface area contributed by atoms with E-state index in [1.165, 1.54) is 18.4 Å². The number of benzene rings is 2. The molecule has 0 spiro atoms. The van der Waals surface area contributed by atoms with Gasteiger partial charge in [0, 0.05) is 12.0 Å². The number of aliphatic hydroxyl groups is 1. The van der Waals surface area contributed by atoms with Crippen LogP contribution in [0.3, 0.4) is 0 Å². The van der Waals surface area contributed by atoms with Gasteiger partial charge in [0.1, 0.15) is 12.0 Å². The molecule has 1 aromatic heterocycles. The van der Waals surface area contributed by atoms with Crippen LogP contribution in [-0.2, 0) is 19.2 Å². The third-order valence-corrected chi connectivity index (χ3v) is 3.72. The van der Waals surface area contributed by atoms with Crippen LogP contribution in [0, 0.1) is 0 Å². The first-order valence-electron chi connectivity index (χ1n) is 7.90.